The lowest BCUT2D eigenvalue weighted by Gasteiger charge is -2.39. The van der Waals surface area contributed by atoms with E-state index in [2.05, 4.69) is 0 Å². The number of benzene rings is 1. The van der Waals surface area contributed by atoms with Crippen molar-refractivity contribution < 1.29 is 9.53 Å². The van der Waals surface area contributed by atoms with E-state index >= 15 is 0 Å². The monoisotopic (exact) mass is 269 g/mol. The molecule has 0 N–H and O–H groups in total. The van der Waals surface area contributed by atoms with Crippen molar-refractivity contribution in [3.8, 4) is 0 Å². The summed E-state index contributed by atoms with van der Waals surface area (Å²) >= 11 is 6.16. The number of ether oxygens (including phenoxy) is 1. The van der Waals surface area contributed by atoms with Crippen LogP contribution in [0.2, 0.25) is 5.02 Å². The Morgan fingerprint density at radius 2 is 1.89 bits per heavy atom. The standard InChI is InChI=1S/C14H20ClNO2/c1-10(2)18-14(4,5)16(11(3)17)13-9-7-6-8-12(13)15/h6-10H,1-5H3. The first-order valence-corrected chi connectivity index (χ1v) is 6.36. The van der Waals surface area contributed by atoms with Crippen LogP contribution in [-0.2, 0) is 9.53 Å². The van der Waals surface area contributed by atoms with Gasteiger partial charge in [-0.25, -0.2) is 0 Å². The average molecular weight is 270 g/mol. The SMILES string of the molecule is CC(=O)N(c1ccccc1Cl)C(C)(C)OC(C)C. The Morgan fingerprint density at radius 1 is 1.33 bits per heavy atom. The predicted octanol–water partition coefficient (Wildman–Crippen LogP) is 3.85. The molecular weight excluding hydrogens is 250 g/mol. The number of halogens is 1. The van der Waals surface area contributed by atoms with Crippen molar-refractivity contribution in [3.05, 3.63) is 29.3 Å². The first kappa shape index (κ1) is 15.0. The molecule has 0 spiro atoms. The van der Waals surface area contributed by atoms with E-state index in [-0.39, 0.29) is 12.0 Å². The summed E-state index contributed by atoms with van der Waals surface area (Å²) in [7, 11) is 0. The minimum absolute atomic E-state index is 0.0179. The van der Waals surface area contributed by atoms with Gasteiger partial charge in [0, 0.05) is 6.92 Å². The van der Waals surface area contributed by atoms with Gasteiger partial charge >= 0.3 is 0 Å². The molecule has 1 aromatic rings. The molecule has 0 unspecified atom stereocenters. The number of para-hydroxylation sites is 1. The second-order valence-electron chi connectivity index (χ2n) is 4.92. The fraction of sp³-hybridized carbons (Fsp3) is 0.500. The van der Waals surface area contributed by atoms with E-state index in [1.807, 2.05) is 45.9 Å². The van der Waals surface area contributed by atoms with Crippen LogP contribution in [-0.4, -0.2) is 17.7 Å². The van der Waals surface area contributed by atoms with Crippen LogP contribution < -0.4 is 4.90 Å². The lowest BCUT2D eigenvalue weighted by Crippen LogP contribution is -2.50. The van der Waals surface area contributed by atoms with Gasteiger partial charge in [0.25, 0.3) is 0 Å². The van der Waals surface area contributed by atoms with E-state index < -0.39 is 5.72 Å². The molecule has 0 radical (unpaired) electrons. The highest BCUT2D eigenvalue weighted by atomic mass is 35.5. The van der Waals surface area contributed by atoms with Gasteiger partial charge in [-0.3, -0.25) is 9.69 Å². The zero-order valence-corrected chi connectivity index (χ0v) is 12.3. The van der Waals surface area contributed by atoms with E-state index in [1.54, 1.807) is 11.0 Å². The molecule has 0 heterocycles. The Balaban J connectivity index is 3.19. The first-order chi connectivity index (χ1) is 8.25. The average Bonchev–Trinajstić information content (AvgIpc) is 2.18. The van der Waals surface area contributed by atoms with Crippen LogP contribution in [0.25, 0.3) is 0 Å². The summed E-state index contributed by atoms with van der Waals surface area (Å²) in [5.74, 6) is -0.103. The second kappa shape index (κ2) is 5.72. The smallest absolute Gasteiger partial charge is 0.226 e. The van der Waals surface area contributed by atoms with Crippen LogP contribution in [0.4, 0.5) is 5.69 Å². The summed E-state index contributed by atoms with van der Waals surface area (Å²) in [6.07, 6.45) is 0.0179. The van der Waals surface area contributed by atoms with Crippen LogP contribution in [0.1, 0.15) is 34.6 Å². The van der Waals surface area contributed by atoms with Crippen LogP contribution in [0.15, 0.2) is 24.3 Å². The number of hydrogen-bond donors (Lipinski definition) is 0. The number of rotatable bonds is 4. The molecule has 4 heteroatoms. The number of carbonyl (C=O) groups is 1. The lowest BCUT2D eigenvalue weighted by molar-refractivity contribution is -0.125. The van der Waals surface area contributed by atoms with Gasteiger partial charge in [0.15, 0.2) is 0 Å². The topological polar surface area (TPSA) is 29.5 Å². The van der Waals surface area contributed by atoms with Gasteiger partial charge in [-0.2, -0.15) is 0 Å². The second-order valence-corrected chi connectivity index (χ2v) is 5.33. The molecule has 1 amide bonds. The van der Waals surface area contributed by atoms with Crippen molar-refractivity contribution in [1.82, 2.24) is 0 Å². The third-order valence-electron chi connectivity index (χ3n) is 2.47. The molecular formula is C14H20ClNO2. The normalized spacial score (nSPS) is 11.7. The molecule has 0 aliphatic heterocycles. The third-order valence-corrected chi connectivity index (χ3v) is 2.79. The number of hydrogen-bond acceptors (Lipinski definition) is 2. The van der Waals surface area contributed by atoms with Gasteiger partial charge in [-0.15, -0.1) is 0 Å². The van der Waals surface area contributed by atoms with Gasteiger partial charge in [0.1, 0.15) is 5.72 Å². The summed E-state index contributed by atoms with van der Waals surface area (Å²) in [4.78, 5) is 13.5. The van der Waals surface area contributed by atoms with E-state index in [4.69, 9.17) is 16.3 Å². The van der Waals surface area contributed by atoms with Crippen molar-refractivity contribution in [2.24, 2.45) is 0 Å². The molecule has 3 nitrogen and oxygen atoms in total. The third kappa shape index (κ3) is 3.47. The molecule has 0 saturated heterocycles. The minimum atomic E-state index is -0.745. The van der Waals surface area contributed by atoms with Crippen LogP contribution >= 0.6 is 11.6 Å². The Morgan fingerprint density at radius 3 is 2.33 bits per heavy atom. The summed E-state index contributed by atoms with van der Waals surface area (Å²) in [5.41, 5.74) is -0.0809. The Hall–Kier alpha value is -1.06. The highest BCUT2D eigenvalue weighted by Gasteiger charge is 2.33. The first-order valence-electron chi connectivity index (χ1n) is 5.99. The van der Waals surface area contributed by atoms with Crippen molar-refractivity contribution in [1.29, 1.82) is 0 Å². The zero-order valence-electron chi connectivity index (χ0n) is 11.5. The molecule has 0 bridgehead atoms. The van der Waals surface area contributed by atoms with E-state index in [1.165, 1.54) is 6.92 Å². The number of anilines is 1. The lowest BCUT2D eigenvalue weighted by atomic mass is 10.2. The van der Waals surface area contributed by atoms with Crippen LogP contribution in [0.3, 0.4) is 0 Å². The summed E-state index contributed by atoms with van der Waals surface area (Å²) in [6.45, 7) is 9.10. The van der Waals surface area contributed by atoms with Crippen molar-refractivity contribution >= 4 is 23.2 Å². The maximum atomic E-state index is 11.9. The Labute approximate surface area is 114 Å². The molecule has 0 aromatic heterocycles. The largest absolute Gasteiger partial charge is 0.353 e. The molecule has 1 aromatic carbocycles. The molecule has 0 aliphatic rings. The highest BCUT2D eigenvalue weighted by molar-refractivity contribution is 6.33. The Bertz CT molecular complexity index is 430. The maximum Gasteiger partial charge on any atom is 0.226 e. The van der Waals surface area contributed by atoms with E-state index in [9.17, 15) is 4.79 Å². The summed E-state index contributed by atoms with van der Waals surface area (Å²) in [6, 6.07) is 7.26. The van der Waals surface area contributed by atoms with Gasteiger partial charge in [-0.05, 0) is 39.8 Å². The number of carbonyl (C=O) groups excluding carboxylic acids is 1. The van der Waals surface area contributed by atoms with Crippen LogP contribution in [0.5, 0.6) is 0 Å². The molecule has 1 rings (SSSR count). The molecule has 0 aliphatic carbocycles. The Kier molecular flexibility index (Phi) is 4.77. The van der Waals surface area contributed by atoms with Gasteiger partial charge in [0.05, 0.1) is 16.8 Å². The maximum absolute atomic E-state index is 11.9. The molecule has 0 fully saturated rings. The highest BCUT2D eigenvalue weighted by Crippen LogP contribution is 2.32. The molecule has 0 atom stereocenters. The summed E-state index contributed by atoms with van der Waals surface area (Å²) in [5, 5.41) is 0.535. The summed E-state index contributed by atoms with van der Waals surface area (Å²) < 4.78 is 5.82. The minimum Gasteiger partial charge on any atom is -0.353 e. The molecule has 100 valence electrons. The van der Waals surface area contributed by atoms with Crippen LogP contribution in [0, 0.1) is 0 Å². The molecule has 0 saturated carbocycles. The quantitative estimate of drug-likeness (QED) is 0.777. The molecule has 18 heavy (non-hydrogen) atoms. The zero-order chi connectivity index (χ0) is 13.9. The van der Waals surface area contributed by atoms with Gasteiger partial charge in [-0.1, -0.05) is 23.7 Å². The number of nitrogens with zero attached hydrogens (tertiary/aromatic N) is 1. The van der Waals surface area contributed by atoms with Crippen molar-refractivity contribution in [2.75, 3.05) is 4.90 Å². The van der Waals surface area contributed by atoms with Crippen molar-refractivity contribution in [3.63, 3.8) is 0 Å². The fourth-order valence-electron chi connectivity index (χ4n) is 2.10. The van der Waals surface area contributed by atoms with Gasteiger partial charge in [0.2, 0.25) is 5.91 Å². The van der Waals surface area contributed by atoms with Gasteiger partial charge < -0.3 is 4.74 Å². The predicted molar refractivity (Wildman–Crippen MR) is 74.9 cm³/mol. The van der Waals surface area contributed by atoms with E-state index in [0.29, 0.717) is 10.7 Å². The number of amides is 1. The van der Waals surface area contributed by atoms with E-state index in [0.717, 1.165) is 0 Å². The van der Waals surface area contributed by atoms with Crippen molar-refractivity contribution in [2.45, 2.75) is 46.4 Å². The fourth-order valence-corrected chi connectivity index (χ4v) is 2.32.